The molecule has 0 radical (unpaired) electrons. The van der Waals surface area contributed by atoms with Crippen molar-refractivity contribution in [2.24, 2.45) is 0 Å². The Morgan fingerprint density at radius 2 is 2.33 bits per heavy atom. The monoisotopic (exact) mass is 242 g/mol. The van der Waals surface area contributed by atoms with Gasteiger partial charge in [0, 0.05) is 24.0 Å². The fourth-order valence-electron chi connectivity index (χ4n) is 1.26. The molecule has 0 bridgehead atoms. The Kier molecular flexibility index (Phi) is 3.41. The van der Waals surface area contributed by atoms with Gasteiger partial charge >= 0.3 is 0 Å². The fourth-order valence-corrected chi connectivity index (χ4v) is 2.32. The maximum absolute atomic E-state index is 5.82. The molecule has 0 unspecified atom stereocenters. The van der Waals surface area contributed by atoms with Crippen molar-refractivity contribution in [3.63, 3.8) is 0 Å². The van der Waals surface area contributed by atoms with Crippen molar-refractivity contribution in [2.45, 2.75) is 20.0 Å². The molecule has 3 nitrogen and oxygen atoms in total. The minimum atomic E-state index is 0.715. The van der Waals surface area contributed by atoms with Crippen LogP contribution in [0.4, 0.5) is 0 Å². The standard InChI is InChI=1S/C10H11ClN2OS/c1-7-4-8(13-14-7)5-12-6-9-2-3-10(11)15-9/h2-4,12H,5-6H2,1H3. The summed E-state index contributed by atoms with van der Waals surface area (Å²) in [4.78, 5) is 1.22. The lowest BCUT2D eigenvalue weighted by Gasteiger charge is -1.98. The molecule has 0 aliphatic rings. The Hall–Kier alpha value is -0.840. The molecule has 0 aromatic carbocycles. The molecule has 0 aliphatic carbocycles. The topological polar surface area (TPSA) is 38.1 Å². The number of halogens is 1. The second-order valence-corrected chi connectivity index (χ2v) is 5.04. The van der Waals surface area contributed by atoms with Crippen molar-refractivity contribution in [3.05, 3.63) is 38.9 Å². The van der Waals surface area contributed by atoms with E-state index in [-0.39, 0.29) is 0 Å². The van der Waals surface area contributed by atoms with Crippen molar-refractivity contribution >= 4 is 22.9 Å². The molecule has 2 rings (SSSR count). The van der Waals surface area contributed by atoms with Gasteiger partial charge in [-0.3, -0.25) is 0 Å². The number of aryl methyl sites for hydroxylation is 1. The molecule has 0 fully saturated rings. The van der Waals surface area contributed by atoms with Crippen LogP contribution in [0.25, 0.3) is 0 Å². The zero-order valence-electron chi connectivity index (χ0n) is 8.29. The number of hydrogen-bond donors (Lipinski definition) is 1. The highest BCUT2D eigenvalue weighted by Gasteiger charge is 2.01. The van der Waals surface area contributed by atoms with E-state index in [0.717, 1.165) is 22.3 Å². The van der Waals surface area contributed by atoms with E-state index in [9.17, 15) is 0 Å². The van der Waals surface area contributed by atoms with Crippen LogP contribution in [0.15, 0.2) is 22.7 Å². The predicted molar refractivity (Wildman–Crippen MR) is 61.1 cm³/mol. The largest absolute Gasteiger partial charge is 0.361 e. The Labute approximate surface area is 97.0 Å². The molecule has 2 heterocycles. The molecule has 0 saturated carbocycles. The van der Waals surface area contributed by atoms with E-state index < -0.39 is 0 Å². The molecule has 15 heavy (non-hydrogen) atoms. The first-order valence-corrected chi connectivity index (χ1v) is 5.80. The minimum Gasteiger partial charge on any atom is -0.361 e. The molecule has 0 atom stereocenters. The van der Waals surface area contributed by atoms with Crippen LogP contribution in [0.2, 0.25) is 4.34 Å². The van der Waals surface area contributed by atoms with E-state index in [2.05, 4.69) is 10.5 Å². The fraction of sp³-hybridized carbons (Fsp3) is 0.300. The van der Waals surface area contributed by atoms with E-state index in [1.807, 2.05) is 25.1 Å². The van der Waals surface area contributed by atoms with Crippen LogP contribution in [0.5, 0.6) is 0 Å². The SMILES string of the molecule is Cc1cc(CNCc2ccc(Cl)s2)no1. The predicted octanol–water partition coefficient (Wildman–Crippen LogP) is 2.99. The molecule has 0 aliphatic heterocycles. The molecule has 0 amide bonds. The average Bonchev–Trinajstić information content (AvgIpc) is 2.76. The van der Waals surface area contributed by atoms with Crippen LogP contribution in [0.3, 0.4) is 0 Å². The van der Waals surface area contributed by atoms with E-state index in [0.29, 0.717) is 6.54 Å². The van der Waals surface area contributed by atoms with Gasteiger partial charge in [0.2, 0.25) is 0 Å². The van der Waals surface area contributed by atoms with Gasteiger partial charge in [-0.05, 0) is 19.1 Å². The molecule has 0 spiro atoms. The molecule has 80 valence electrons. The molecule has 1 N–H and O–H groups in total. The van der Waals surface area contributed by atoms with Crippen molar-refractivity contribution < 1.29 is 4.52 Å². The molecule has 0 saturated heterocycles. The number of nitrogens with zero attached hydrogens (tertiary/aromatic N) is 1. The molecular formula is C10H11ClN2OS. The van der Waals surface area contributed by atoms with E-state index >= 15 is 0 Å². The third-order valence-electron chi connectivity index (χ3n) is 1.91. The van der Waals surface area contributed by atoms with Crippen molar-refractivity contribution in [2.75, 3.05) is 0 Å². The molecule has 2 aromatic rings. The number of aromatic nitrogens is 1. The van der Waals surface area contributed by atoms with Crippen LogP contribution in [0.1, 0.15) is 16.3 Å². The van der Waals surface area contributed by atoms with Gasteiger partial charge in [0.05, 0.1) is 10.0 Å². The Morgan fingerprint density at radius 1 is 1.47 bits per heavy atom. The quantitative estimate of drug-likeness (QED) is 0.896. The van der Waals surface area contributed by atoms with Gasteiger partial charge in [0.25, 0.3) is 0 Å². The summed E-state index contributed by atoms with van der Waals surface area (Å²) in [6, 6.07) is 5.85. The summed E-state index contributed by atoms with van der Waals surface area (Å²) in [6.07, 6.45) is 0. The summed E-state index contributed by atoms with van der Waals surface area (Å²) in [5.74, 6) is 0.839. The second kappa shape index (κ2) is 4.79. The van der Waals surface area contributed by atoms with Gasteiger partial charge in [-0.1, -0.05) is 16.8 Å². The van der Waals surface area contributed by atoms with Gasteiger partial charge in [0.15, 0.2) is 0 Å². The summed E-state index contributed by atoms with van der Waals surface area (Å²) < 4.78 is 5.79. The van der Waals surface area contributed by atoms with E-state index in [4.69, 9.17) is 16.1 Å². The maximum atomic E-state index is 5.82. The number of nitrogens with one attached hydrogen (secondary N) is 1. The number of rotatable bonds is 4. The normalized spacial score (nSPS) is 10.8. The van der Waals surface area contributed by atoms with E-state index in [1.54, 1.807) is 11.3 Å². The first-order chi connectivity index (χ1) is 7.24. The van der Waals surface area contributed by atoms with Gasteiger partial charge in [-0.2, -0.15) is 0 Å². The Morgan fingerprint density at radius 3 is 2.93 bits per heavy atom. The van der Waals surface area contributed by atoms with Gasteiger partial charge < -0.3 is 9.84 Å². The second-order valence-electron chi connectivity index (χ2n) is 3.24. The van der Waals surface area contributed by atoms with Gasteiger partial charge in [0.1, 0.15) is 5.76 Å². The first-order valence-electron chi connectivity index (χ1n) is 4.61. The maximum Gasteiger partial charge on any atom is 0.133 e. The molecule has 5 heteroatoms. The molecule has 2 aromatic heterocycles. The van der Waals surface area contributed by atoms with Gasteiger partial charge in [-0.15, -0.1) is 11.3 Å². The summed E-state index contributed by atoms with van der Waals surface area (Å²) in [7, 11) is 0. The zero-order valence-corrected chi connectivity index (χ0v) is 9.86. The lowest BCUT2D eigenvalue weighted by Crippen LogP contribution is -2.11. The summed E-state index contributed by atoms with van der Waals surface area (Å²) in [5, 5.41) is 7.17. The third kappa shape index (κ3) is 3.06. The zero-order chi connectivity index (χ0) is 10.7. The van der Waals surface area contributed by atoms with Crippen molar-refractivity contribution in [3.8, 4) is 0 Å². The van der Waals surface area contributed by atoms with Crippen molar-refractivity contribution in [1.82, 2.24) is 10.5 Å². The number of thiophene rings is 1. The summed E-state index contributed by atoms with van der Waals surface area (Å²) in [5.41, 5.74) is 0.926. The van der Waals surface area contributed by atoms with Crippen LogP contribution in [0, 0.1) is 6.92 Å². The lowest BCUT2D eigenvalue weighted by molar-refractivity contribution is 0.388. The van der Waals surface area contributed by atoms with Crippen LogP contribution in [-0.4, -0.2) is 5.16 Å². The highest BCUT2D eigenvalue weighted by molar-refractivity contribution is 7.16. The highest BCUT2D eigenvalue weighted by Crippen LogP contribution is 2.21. The lowest BCUT2D eigenvalue weighted by atomic mass is 10.3. The highest BCUT2D eigenvalue weighted by atomic mass is 35.5. The molecular weight excluding hydrogens is 232 g/mol. The van der Waals surface area contributed by atoms with Crippen LogP contribution < -0.4 is 5.32 Å². The van der Waals surface area contributed by atoms with Gasteiger partial charge in [-0.25, -0.2) is 0 Å². The Bertz CT molecular complexity index is 398. The van der Waals surface area contributed by atoms with E-state index in [1.165, 1.54) is 4.88 Å². The minimum absolute atomic E-state index is 0.715. The van der Waals surface area contributed by atoms with Crippen LogP contribution >= 0.6 is 22.9 Å². The summed E-state index contributed by atoms with van der Waals surface area (Å²) in [6.45, 7) is 3.41. The van der Waals surface area contributed by atoms with Crippen LogP contribution in [-0.2, 0) is 13.1 Å². The van der Waals surface area contributed by atoms with Crippen molar-refractivity contribution in [1.29, 1.82) is 0 Å². The summed E-state index contributed by atoms with van der Waals surface area (Å²) >= 11 is 7.41. The Balaban J connectivity index is 1.80. The smallest absolute Gasteiger partial charge is 0.133 e. The number of hydrogen-bond acceptors (Lipinski definition) is 4. The average molecular weight is 243 g/mol. The third-order valence-corrected chi connectivity index (χ3v) is 3.14. The first kappa shape index (κ1) is 10.7.